The van der Waals surface area contributed by atoms with Crippen LogP contribution >= 0.6 is 0 Å². The van der Waals surface area contributed by atoms with Crippen molar-refractivity contribution in [2.75, 3.05) is 26.2 Å². The van der Waals surface area contributed by atoms with E-state index in [4.69, 9.17) is 5.73 Å². The van der Waals surface area contributed by atoms with Crippen LogP contribution < -0.4 is 11.1 Å². The third kappa shape index (κ3) is 2.47. The highest BCUT2D eigenvalue weighted by molar-refractivity contribution is 5.97. The van der Waals surface area contributed by atoms with Crippen LogP contribution in [0.2, 0.25) is 0 Å². The standard InChI is InChI=1S/C13H19N3O2/c1-9-2-3-12(17)11(6-9)13(18)16-5-4-15-8-10(16)7-14/h2-3,6,10,15,17H,4-5,7-8,14H2,1H3. The third-order valence-electron chi connectivity index (χ3n) is 3.27. The van der Waals surface area contributed by atoms with Crippen LogP contribution in [0.3, 0.4) is 0 Å². The number of rotatable bonds is 2. The first-order chi connectivity index (χ1) is 8.63. The lowest BCUT2D eigenvalue weighted by Gasteiger charge is -2.35. The van der Waals surface area contributed by atoms with Gasteiger partial charge in [0.1, 0.15) is 5.75 Å². The minimum atomic E-state index is -0.145. The first-order valence-electron chi connectivity index (χ1n) is 6.15. The molecule has 4 N–H and O–H groups in total. The molecule has 18 heavy (non-hydrogen) atoms. The number of carbonyl (C=O) groups excluding carboxylic acids is 1. The van der Waals surface area contributed by atoms with Crippen LogP contribution in [0.15, 0.2) is 18.2 Å². The summed E-state index contributed by atoms with van der Waals surface area (Å²) in [6.45, 7) is 4.40. The lowest BCUT2D eigenvalue weighted by molar-refractivity contribution is 0.0641. The van der Waals surface area contributed by atoms with Gasteiger partial charge in [-0.1, -0.05) is 11.6 Å². The van der Waals surface area contributed by atoms with E-state index in [9.17, 15) is 9.90 Å². The highest BCUT2D eigenvalue weighted by Crippen LogP contribution is 2.21. The first kappa shape index (κ1) is 12.9. The average molecular weight is 249 g/mol. The average Bonchev–Trinajstić information content (AvgIpc) is 2.40. The van der Waals surface area contributed by atoms with Gasteiger partial charge in [0.15, 0.2) is 0 Å². The molecule has 1 amide bonds. The Hall–Kier alpha value is -1.59. The van der Waals surface area contributed by atoms with Gasteiger partial charge in [0.2, 0.25) is 0 Å². The quantitative estimate of drug-likeness (QED) is 0.693. The predicted octanol–water partition coefficient (Wildman–Crippen LogP) is 0.0733. The smallest absolute Gasteiger partial charge is 0.258 e. The molecule has 1 atom stereocenters. The van der Waals surface area contributed by atoms with Crippen molar-refractivity contribution in [2.24, 2.45) is 5.73 Å². The second-order valence-electron chi connectivity index (χ2n) is 4.61. The molecule has 1 aromatic rings. The van der Waals surface area contributed by atoms with Crippen molar-refractivity contribution in [3.63, 3.8) is 0 Å². The molecule has 98 valence electrons. The van der Waals surface area contributed by atoms with Crippen LogP contribution in [0.4, 0.5) is 0 Å². The fourth-order valence-electron chi connectivity index (χ4n) is 2.21. The maximum atomic E-state index is 12.4. The van der Waals surface area contributed by atoms with E-state index < -0.39 is 0 Å². The first-order valence-corrected chi connectivity index (χ1v) is 6.15. The number of benzene rings is 1. The number of nitrogens with two attached hydrogens (primary N) is 1. The van der Waals surface area contributed by atoms with Crippen LogP contribution in [0, 0.1) is 6.92 Å². The zero-order valence-electron chi connectivity index (χ0n) is 10.5. The summed E-state index contributed by atoms with van der Waals surface area (Å²) in [6, 6.07) is 5.05. The summed E-state index contributed by atoms with van der Waals surface area (Å²) in [5.74, 6) is -0.118. The molecule has 5 heteroatoms. The van der Waals surface area contributed by atoms with Crippen molar-refractivity contribution < 1.29 is 9.90 Å². The van der Waals surface area contributed by atoms with Gasteiger partial charge in [0.05, 0.1) is 11.6 Å². The summed E-state index contributed by atoms with van der Waals surface area (Å²) in [5, 5.41) is 13.0. The van der Waals surface area contributed by atoms with E-state index in [1.807, 2.05) is 6.92 Å². The molecule has 1 aromatic carbocycles. The van der Waals surface area contributed by atoms with Crippen LogP contribution in [-0.4, -0.2) is 48.1 Å². The van der Waals surface area contributed by atoms with Gasteiger partial charge in [-0.15, -0.1) is 0 Å². The Morgan fingerprint density at radius 1 is 1.61 bits per heavy atom. The van der Waals surface area contributed by atoms with E-state index >= 15 is 0 Å². The number of hydrogen-bond acceptors (Lipinski definition) is 4. The van der Waals surface area contributed by atoms with Crippen molar-refractivity contribution in [3.8, 4) is 5.75 Å². The Morgan fingerprint density at radius 3 is 3.11 bits per heavy atom. The number of amides is 1. The number of hydrogen-bond donors (Lipinski definition) is 3. The Bertz CT molecular complexity index is 448. The molecule has 0 aromatic heterocycles. The van der Waals surface area contributed by atoms with Crippen LogP contribution in [0.25, 0.3) is 0 Å². The number of phenols is 1. The maximum absolute atomic E-state index is 12.4. The fourth-order valence-corrected chi connectivity index (χ4v) is 2.21. The topological polar surface area (TPSA) is 78.6 Å². The van der Waals surface area contributed by atoms with Gasteiger partial charge >= 0.3 is 0 Å². The van der Waals surface area contributed by atoms with Crippen molar-refractivity contribution in [1.82, 2.24) is 10.2 Å². The highest BCUT2D eigenvalue weighted by atomic mass is 16.3. The number of aromatic hydroxyl groups is 1. The van der Waals surface area contributed by atoms with Crippen molar-refractivity contribution in [1.29, 1.82) is 0 Å². The number of carbonyl (C=O) groups is 1. The molecule has 1 unspecified atom stereocenters. The summed E-state index contributed by atoms with van der Waals surface area (Å²) in [6.07, 6.45) is 0. The van der Waals surface area contributed by atoms with Gasteiger partial charge in [-0.05, 0) is 19.1 Å². The molecule has 0 saturated carbocycles. The zero-order chi connectivity index (χ0) is 13.1. The molecule has 1 heterocycles. The number of aryl methyl sites for hydroxylation is 1. The molecule has 0 aliphatic carbocycles. The second kappa shape index (κ2) is 5.37. The largest absolute Gasteiger partial charge is 0.507 e. The van der Waals surface area contributed by atoms with E-state index in [1.165, 1.54) is 0 Å². The lowest BCUT2D eigenvalue weighted by atomic mass is 10.1. The van der Waals surface area contributed by atoms with Crippen LogP contribution in [-0.2, 0) is 0 Å². The molecule has 1 aliphatic heterocycles. The number of nitrogens with one attached hydrogen (secondary N) is 1. The molecular weight excluding hydrogens is 230 g/mol. The van der Waals surface area contributed by atoms with E-state index in [0.717, 1.165) is 12.1 Å². The van der Waals surface area contributed by atoms with Gasteiger partial charge in [-0.3, -0.25) is 4.79 Å². The SMILES string of the molecule is Cc1ccc(O)c(C(=O)N2CCNCC2CN)c1. The van der Waals surface area contributed by atoms with Crippen molar-refractivity contribution in [2.45, 2.75) is 13.0 Å². The van der Waals surface area contributed by atoms with Gasteiger partial charge in [0, 0.05) is 26.2 Å². The summed E-state index contributed by atoms with van der Waals surface area (Å²) in [7, 11) is 0. The lowest BCUT2D eigenvalue weighted by Crippen LogP contribution is -2.56. The minimum Gasteiger partial charge on any atom is -0.507 e. The van der Waals surface area contributed by atoms with E-state index in [-0.39, 0.29) is 17.7 Å². The van der Waals surface area contributed by atoms with E-state index in [2.05, 4.69) is 5.32 Å². The Morgan fingerprint density at radius 2 is 2.39 bits per heavy atom. The summed E-state index contributed by atoms with van der Waals surface area (Å²) >= 11 is 0. The molecule has 5 nitrogen and oxygen atoms in total. The second-order valence-corrected chi connectivity index (χ2v) is 4.61. The fraction of sp³-hybridized carbons (Fsp3) is 0.462. The molecule has 0 bridgehead atoms. The monoisotopic (exact) mass is 249 g/mol. The number of nitrogens with zero attached hydrogens (tertiary/aromatic N) is 1. The molecule has 1 fully saturated rings. The Kier molecular flexibility index (Phi) is 3.84. The van der Waals surface area contributed by atoms with E-state index in [0.29, 0.717) is 25.2 Å². The van der Waals surface area contributed by atoms with Gasteiger partial charge in [0.25, 0.3) is 5.91 Å². The number of phenolic OH excluding ortho intramolecular Hbond substituents is 1. The molecule has 1 aliphatic rings. The van der Waals surface area contributed by atoms with Crippen LogP contribution in [0.5, 0.6) is 5.75 Å². The van der Waals surface area contributed by atoms with Crippen LogP contribution in [0.1, 0.15) is 15.9 Å². The highest BCUT2D eigenvalue weighted by Gasteiger charge is 2.27. The predicted molar refractivity (Wildman–Crippen MR) is 69.6 cm³/mol. The molecule has 2 rings (SSSR count). The van der Waals surface area contributed by atoms with Crippen molar-refractivity contribution >= 4 is 5.91 Å². The van der Waals surface area contributed by atoms with Gasteiger partial charge in [-0.25, -0.2) is 0 Å². The molecule has 0 radical (unpaired) electrons. The third-order valence-corrected chi connectivity index (χ3v) is 3.27. The number of piperazine rings is 1. The summed E-state index contributed by atoms with van der Waals surface area (Å²) in [4.78, 5) is 14.2. The van der Waals surface area contributed by atoms with Gasteiger partial charge < -0.3 is 21.1 Å². The molecule has 0 spiro atoms. The normalized spacial score (nSPS) is 19.9. The summed E-state index contributed by atoms with van der Waals surface area (Å²) in [5.41, 5.74) is 6.99. The Labute approximate surface area is 107 Å². The zero-order valence-corrected chi connectivity index (χ0v) is 10.5. The maximum Gasteiger partial charge on any atom is 0.258 e. The summed E-state index contributed by atoms with van der Waals surface area (Å²) < 4.78 is 0. The Balaban J connectivity index is 2.26. The molecule has 1 saturated heterocycles. The van der Waals surface area contributed by atoms with Crippen molar-refractivity contribution in [3.05, 3.63) is 29.3 Å². The van der Waals surface area contributed by atoms with E-state index in [1.54, 1.807) is 23.1 Å². The molecular formula is C13H19N3O2. The minimum absolute atomic E-state index is 0.00818. The van der Waals surface area contributed by atoms with Gasteiger partial charge in [-0.2, -0.15) is 0 Å².